The lowest BCUT2D eigenvalue weighted by atomic mass is 10.0. The predicted molar refractivity (Wildman–Crippen MR) is 160 cm³/mol. The zero-order valence-corrected chi connectivity index (χ0v) is 23.7. The Balaban J connectivity index is 1.35. The number of carbonyl (C=O) groups is 2. The van der Waals surface area contributed by atoms with Gasteiger partial charge in [-0.1, -0.05) is 0 Å². The number of fused-ring (bicyclic) bond motifs is 1. The van der Waals surface area contributed by atoms with Crippen LogP contribution in [-0.4, -0.2) is 23.9 Å². The average molecular weight is 615 g/mol. The van der Waals surface area contributed by atoms with Crippen molar-refractivity contribution in [1.29, 1.82) is 0 Å². The van der Waals surface area contributed by atoms with Crippen molar-refractivity contribution in [1.82, 2.24) is 4.98 Å². The molecule has 0 spiro atoms. The average Bonchev–Trinajstić information content (AvgIpc) is 3.83. The highest BCUT2D eigenvalue weighted by atomic mass is 19.1. The van der Waals surface area contributed by atoms with Gasteiger partial charge in [-0.3, -0.25) is 19.5 Å². The van der Waals surface area contributed by atoms with Crippen molar-refractivity contribution >= 4 is 39.8 Å². The number of nitrogen functional groups attached to an aromatic ring is 1. The molecule has 1 saturated carbocycles. The zero-order chi connectivity index (χ0) is 31.9. The first-order valence-electron chi connectivity index (χ1n) is 13.7. The molecular formula is C33H25F3N4O5. The van der Waals surface area contributed by atoms with E-state index in [1.165, 1.54) is 61.8 Å². The third kappa shape index (κ3) is 5.53. The zero-order valence-electron chi connectivity index (χ0n) is 23.7. The van der Waals surface area contributed by atoms with Crippen molar-refractivity contribution < 1.29 is 37.0 Å². The number of hydrogen-bond donors (Lipinski definition) is 2. The quantitative estimate of drug-likeness (QED) is 0.139. The summed E-state index contributed by atoms with van der Waals surface area (Å²) in [6, 6.07) is 17.4. The van der Waals surface area contributed by atoms with E-state index in [2.05, 4.69) is 4.98 Å². The highest BCUT2D eigenvalue weighted by Gasteiger charge is 2.57. The topological polar surface area (TPSA) is 130 Å². The van der Waals surface area contributed by atoms with E-state index in [1.54, 1.807) is 6.07 Å². The van der Waals surface area contributed by atoms with Crippen molar-refractivity contribution in [3.05, 3.63) is 103 Å². The van der Waals surface area contributed by atoms with Gasteiger partial charge in [0, 0.05) is 41.2 Å². The molecule has 228 valence electrons. The van der Waals surface area contributed by atoms with Crippen LogP contribution in [0.1, 0.15) is 12.8 Å². The summed E-state index contributed by atoms with van der Waals surface area (Å²) in [5.74, 6) is -3.20. The number of halogens is 3. The van der Waals surface area contributed by atoms with Gasteiger partial charge in [-0.05, 0) is 73.5 Å². The molecule has 12 heteroatoms. The summed E-state index contributed by atoms with van der Waals surface area (Å²) >= 11 is 0. The van der Waals surface area contributed by atoms with E-state index in [0.29, 0.717) is 10.9 Å². The Bertz CT molecular complexity index is 1970. The van der Waals surface area contributed by atoms with Gasteiger partial charge < -0.3 is 25.7 Å². The lowest BCUT2D eigenvalue weighted by molar-refractivity contribution is -0.133. The fraction of sp³-hybridized carbons (Fsp3) is 0.121. The Kier molecular flexibility index (Phi) is 7.41. The lowest BCUT2D eigenvalue weighted by Crippen LogP contribution is -2.41. The maximum Gasteiger partial charge on any atom is 0.247 e. The molecule has 45 heavy (non-hydrogen) atoms. The number of hydrogen-bond acceptors (Lipinski definition) is 7. The number of primary amides is 1. The van der Waals surface area contributed by atoms with Gasteiger partial charge in [0.1, 0.15) is 17.0 Å². The normalized spacial score (nSPS) is 13.2. The summed E-state index contributed by atoms with van der Waals surface area (Å²) in [4.78, 5) is 31.2. The molecule has 0 radical (unpaired) electrons. The number of benzene rings is 4. The fourth-order valence-electron chi connectivity index (χ4n) is 4.88. The van der Waals surface area contributed by atoms with E-state index in [9.17, 15) is 18.4 Å². The molecule has 4 N–H and O–H groups in total. The van der Waals surface area contributed by atoms with Crippen molar-refractivity contribution in [2.75, 3.05) is 17.7 Å². The van der Waals surface area contributed by atoms with Crippen LogP contribution in [0.4, 0.5) is 30.2 Å². The number of anilines is 3. The number of rotatable bonds is 9. The first kappa shape index (κ1) is 29.3. The van der Waals surface area contributed by atoms with Crippen LogP contribution in [-0.2, 0) is 9.59 Å². The van der Waals surface area contributed by atoms with Crippen molar-refractivity contribution in [2.45, 2.75) is 12.8 Å². The molecule has 0 aliphatic heterocycles. The first-order chi connectivity index (χ1) is 21.6. The third-order valence-corrected chi connectivity index (χ3v) is 7.48. The number of carbonyl (C=O) groups excluding carboxylic acids is 2. The second-order valence-electron chi connectivity index (χ2n) is 10.4. The van der Waals surface area contributed by atoms with Crippen LogP contribution in [0.15, 0.2) is 85.1 Å². The summed E-state index contributed by atoms with van der Waals surface area (Å²) < 4.78 is 60.9. The molecule has 2 amide bonds. The minimum atomic E-state index is -1.42. The van der Waals surface area contributed by atoms with E-state index in [-0.39, 0.29) is 58.7 Å². The van der Waals surface area contributed by atoms with Crippen molar-refractivity contribution in [3.8, 4) is 28.7 Å². The molecule has 0 unspecified atom stereocenters. The Labute approximate surface area is 254 Å². The molecule has 9 nitrogen and oxygen atoms in total. The lowest BCUT2D eigenvalue weighted by Gasteiger charge is -2.26. The van der Waals surface area contributed by atoms with Gasteiger partial charge in [-0.15, -0.1) is 0 Å². The summed E-state index contributed by atoms with van der Waals surface area (Å²) in [7, 11) is 1.42. The Morgan fingerprint density at radius 2 is 1.42 bits per heavy atom. The highest BCUT2D eigenvalue weighted by Crippen LogP contribution is 2.49. The molecule has 5 aromatic rings. The first-order valence-corrected chi connectivity index (χ1v) is 13.7. The second kappa shape index (κ2) is 11.4. The molecule has 0 saturated heterocycles. The summed E-state index contributed by atoms with van der Waals surface area (Å²) in [5, 5.41) is 0.396. The van der Waals surface area contributed by atoms with Gasteiger partial charge in [-0.25, -0.2) is 13.2 Å². The molecule has 6 rings (SSSR count). The van der Waals surface area contributed by atoms with E-state index < -0.39 is 34.7 Å². The second-order valence-corrected chi connectivity index (χ2v) is 10.4. The minimum Gasteiger partial charge on any atom is -0.493 e. The number of pyridine rings is 1. The number of ether oxygens (including phenoxy) is 3. The maximum atomic E-state index is 15.6. The standard InChI is InChI=1S/C33H25F3N4O5/c1-43-29-17-25-22(16-30(29)45-27-8-4-19(37)14-23(27)35)26(10-13-39-25)44-28-9-7-21(15-24(28)36)40(20-5-2-18(34)3-6-20)32(42)33(11-12-33)31(38)41/h2-10,13-17H,11-12,37H2,1H3,(H2,38,41). The van der Waals surface area contributed by atoms with Crippen molar-refractivity contribution in [3.63, 3.8) is 0 Å². The predicted octanol–water partition coefficient (Wildman–Crippen LogP) is 6.76. The van der Waals surface area contributed by atoms with Crippen LogP contribution in [0.3, 0.4) is 0 Å². The van der Waals surface area contributed by atoms with Crippen LogP contribution in [0.25, 0.3) is 10.9 Å². The van der Waals surface area contributed by atoms with Crippen LogP contribution in [0, 0.1) is 22.9 Å². The largest absolute Gasteiger partial charge is 0.493 e. The molecule has 1 aliphatic carbocycles. The highest BCUT2D eigenvalue weighted by molar-refractivity contribution is 6.16. The molecule has 1 aliphatic rings. The van der Waals surface area contributed by atoms with Crippen LogP contribution in [0.2, 0.25) is 0 Å². The van der Waals surface area contributed by atoms with Gasteiger partial charge in [0.15, 0.2) is 34.6 Å². The van der Waals surface area contributed by atoms with Crippen LogP contribution < -0.4 is 30.6 Å². The SMILES string of the molecule is COc1cc2nccc(Oc3ccc(N(C(=O)C4(C(N)=O)CC4)c4ccc(F)cc4)cc3F)c2cc1Oc1ccc(N)cc1F. The van der Waals surface area contributed by atoms with E-state index in [0.717, 1.165) is 29.2 Å². The summed E-state index contributed by atoms with van der Waals surface area (Å²) in [5.41, 5.74) is 10.7. The number of aromatic nitrogens is 1. The van der Waals surface area contributed by atoms with Gasteiger partial charge in [-0.2, -0.15) is 0 Å². The third-order valence-electron chi connectivity index (χ3n) is 7.48. The van der Waals surface area contributed by atoms with Crippen LogP contribution in [0.5, 0.6) is 28.7 Å². The number of nitrogens with two attached hydrogens (primary N) is 2. The van der Waals surface area contributed by atoms with Gasteiger partial charge in [0.25, 0.3) is 0 Å². The van der Waals surface area contributed by atoms with Crippen molar-refractivity contribution in [2.24, 2.45) is 11.1 Å². The Morgan fingerprint density at radius 1 is 0.778 bits per heavy atom. The Morgan fingerprint density at radius 3 is 2.04 bits per heavy atom. The summed E-state index contributed by atoms with van der Waals surface area (Å²) in [6.45, 7) is 0. The molecular weight excluding hydrogens is 589 g/mol. The smallest absolute Gasteiger partial charge is 0.247 e. The van der Waals surface area contributed by atoms with Gasteiger partial charge in [0.05, 0.1) is 18.3 Å². The van der Waals surface area contributed by atoms with Gasteiger partial charge in [0.2, 0.25) is 11.8 Å². The number of nitrogens with zero attached hydrogens (tertiary/aromatic N) is 2. The molecule has 1 heterocycles. The van der Waals surface area contributed by atoms with E-state index in [4.69, 9.17) is 25.7 Å². The minimum absolute atomic E-state index is 0.0783. The monoisotopic (exact) mass is 614 g/mol. The molecule has 1 fully saturated rings. The molecule has 4 aromatic carbocycles. The molecule has 1 aromatic heterocycles. The van der Waals surface area contributed by atoms with Crippen LogP contribution >= 0.6 is 0 Å². The summed E-state index contributed by atoms with van der Waals surface area (Å²) in [6.07, 6.45) is 1.95. The van der Waals surface area contributed by atoms with E-state index >= 15 is 4.39 Å². The fourth-order valence-corrected chi connectivity index (χ4v) is 4.88. The molecule has 0 atom stereocenters. The molecule has 0 bridgehead atoms. The van der Waals surface area contributed by atoms with Gasteiger partial charge >= 0.3 is 0 Å². The number of methoxy groups -OCH3 is 1. The number of amides is 2. The maximum absolute atomic E-state index is 15.6. The van der Waals surface area contributed by atoms with E-state index in [1.807, 2.05) is 0 Å². The Hall–Kier alpha value is -5.78.